The van der Waals surface area contributed by atoms with Crippen LogP contribution in [-0.4, -0.2) is 28.7 Å². The minimum atomic E-state index is -0.365. The van der Waals surface area contributed by atoms with Gasteiger partial charge < -0.3 is 16.0 Å². The molecule has 0 unspecified atom stereocenters. The Bertz CT molecular complexity index is 880. The predicted octanol–water partition coefficient (Wildman–Crippen LogP) is 4.18. The van der Waals surface area contributed by atoms with Crippen molar-refractivity contribution in [2.75, 3.05) is 17.2 Å². The van der Waals surface area contributed by atoms with Crippen molar-refractivity contribution in [1.82, 2.24) is 15.5 Å². The Morgan fingerprint density at radius 3 is 2.62 bits per heavy atom. The lowest BCUT2D eigenvalue weighted by molar-refractivity contribution is -0.116. The van der Waals surface area contributed by atoms with E-state index in [-0.39, 0.29) is 24.9 Å². The number of hydrogen-bond acceptors (Lipinski definition) is 6. The van der Waals surface area contributed by atoms with Gasteiger partial charge in [-0.25, -0.2) is 4.79 Å². The average molecular weight is 452 g/mol. The molecule has 0 bridgehead atoms. The third kappa shape index (κ3) is 5.35. The molecule has 3 rings (SSSR count). The standard InChI is InChI=1S/C16H14BrN5O2S2/c17-11-1-3-12(4-2-11)19-15(24)18-7-5-13(23)20-16-22-21-14(26-16)10-6-8-25-9-10/h1-4,6,8-9H,5,7H2,(H2,18,19,24)(H,20,22,23). The quantitative estimate of drug-likeness (QED) is 0.523. The molecule has 2 aromatic heterocycles. The first-order chi connectivity index (χ1) is 12.6. The number of thiophene rings is 1. The van der Waals surface area contributed by atoms with E-state index in [0.717, 1.165) is 15.0 Å². The molecule has 0 saturated carbocycles. The number of rotatable bonds is 6. The summed E-state index contributed by atoms with van der Waals surface area (Å²) in [5.41, 5.74) is 1.66. The molecular weight excluding hydrogens is 438 g/mol. The second kappa shape index (κ2) is 8.88. The fourth-order valence-corrected chi connectivity index (χ4v) is 3.69. The van der Waals surface area contributed by atoms with Crippen molar-refractivity contribution in [3.8, 4) is 10.6 Å². The van der Waals surface area contributed by atoms with E-state index in [1.165, 1.54) is 11.3 Å². The highest BCUT2D eigenvalue weighted by Crippen LogP contribution is 2.27. The zero-order valence-corrected chi connectivity index (χ0v) is 16.6. The lowest BCUT2D eigenvalue weighted by atomic mass is 10.3. The van der Waals surface area contributed by atoms with Crippen molar-refractivity contribution in [2.24, 2.45) is 0 Å². The van der Waals surface area contributed by atoms with Crippen LogP contribution in [0, 0.1) is 0 Å². The molecule has 0 aliphatic carbocycles. The topological polar surface area (TPSA) is 96.0 Å². The minimum absolute atomic E-state index is 0.140. The smallest absolute Gasteiger partial charge is 0.319 e. The Kier molecular flexibility index (Phi) is 6.31. The Morgan fingerprint density at radius 1 is 1.08 bits per heavy atom. The lowest BCUT2D eigenvalue weighted by Gasteiger charge is -2.07. The fraction of sp³-hybridized carbons (Fsp3) is 0.125. The molecular formula is C16H14BrN5O2S2. The summed E-state index contributed by atoms with van der Waals surface area (Å²) in [6.45, 7) is 0.213. The molecule has 26 heavy (non-hydrogen) atoms. The molecule has 0 fully saturated rings. The molecule has 0 spiro atoms. The Morgan fingerprint density at radius 2 is 1.88 bits per heavy atom. The molecule has 10 heteroatoms. The van der Waals surface area contributed by atoms with E-state index in [1.807, 2.05) is 29.0 Å². The molecule has 2 heterocycles. The highest BCUT2D eigenvalue weighted by atomic mass is 79.9. The SMILES string of the molecule is O=C(CCNC(=O)Nc1ccc(Br)cc1)Nc1nnc(-c2ccsc2)s1. The third-order valence-corrected chi connectivity index (χ3v) is 5.28. The summed E-state index contributed by atoms with van der Waals surface area (Å²) < 4.78 is 0.930. The zero-order valence-electron chi connectivity index (χ0n) is 13.4. The number of aromatic nitrogens is 2. The van der Waals surface area contributed by atoms with E-state index in [2.05, 4.69) is 42.1 Å². The summed E-state index contributed by atoms with van der Waals surface area (Å²) in [6, 6.07) is 8.79. The highest BCUT2D eigenvalue weighted by Gasteiger charge is 2.10. The van der Waals surface area contributed by atoms with E-state index >= 15 is 0 Å². The first kappa shape index (κ1) is 18.5. The number of carbonyl (C=O) groups excluding carboxylic acids is 2. The van der Waals surface area contributed by atoms with E-state index in [1.54, 1.807) is 23.5 Å². The summed E-state index contributed by atoms with van der Waals surface area (Å²) >= 11 is 6.21. The van der Waals surface area contributed by atoms with Gasteiger partial charge in [-0.05, 0) is 35.7 Å². The number of nitrogens with one attached hydrogen (secondary N) is 3. The largest absolute Gasteiger partial charge is 0.337 e. The molecule has 0 aliphatic heterocycles. The highest BCUT2D eigenvalue weighted by molar-refractivity contribution is 9.10. The van der Waals surface area contributed by atoms with Crippen LogP contribution < -0.4 is 16.0 Å². The van der Waals surface area contributed by atoms with Crippen LogP contribution in [0.2, 0.25) is 0 Å². The second-order valence-electron chi connectivity index (χ2n) is 5.11. The van der Waals surface area contributed by atoms with Gasteiger partial charge in [0.25, 0.3) is 0 Å². The number of carbonyl (C=O) groups is 2. The average Bonchev–Trinajstić information content (AvgIpc) is 3.28. The Labute approximate surface area is 166 Å². The third-order valence-electron chi connectivity index (χ3n) is 3.18. The molecule has 0 radical (unpaired) electrons. The summed E-state index contributed by atoms with van der Waals surface area (Å²) in [5, 5.41) is 21.1. The van der Waals surface area contributed by atoms with E-state index in [0.29, 0.717) is 10.8 Å². The van der Waals surface area contributed by atoms with Gasteiger partial charge in [-0.1, -0.05) is 27.3 Å². The van der Waals surface area contributed by atoms with Crippen LogP contribution in [0.5, 0.6) is 0 Å². The van der Waals surface area contributed by atoms with Crippen molar-refractivity contribution in [3.05, 3.63) is 45.6 Å². The van der Waals surface area contributed by atoms with Crippen LogP contribution in [0.3, 0.4) is 0 Å². The molecule has 3 amide bonds. The molecule has 0 aliphatic rings. The number of amides is 3. The van der Waals surface area contributed by atoms with Gasteiger partial charge in [0, 0.05) is 34.1 Å². The van der Waals surface area contributed by atoms with Gasteiger partial charge in [-0.3, -0.25) is 4.79 Å². The molecule has 7 nitrogen and oxygen atoms in total. The van der Waals surface area contributed by atoms with Crippen LogP contribution in [-0.2, 0) is 4.79 Å². The number of anilines is 2. The number of urea groups is 1. The van der Waals surface area contributed by atoms with Crippen LogP contribution in [0.25, 0.3) is 10.6 Å². The van der Waals surface area contributed by atoms with Gasteiger partial charge in [-0.15, -0.1) is 10.2 Å². The first-order valence-corrected chi connectivity index (χ1v) is 10.1. The molecule has 1 aromatic carbocycles. The van der Waals surface area contributed by atoms with Crippen molar-refractivity contribution < 1.29 is 9.59 Å². The summed E-state index contributed by atoms with van der Waals surface area (Å²) in [6.07, 6.45) is 0.140. The Hall–Kier alpha value is -2.30. The predicted molar refractivity (Wildman–Crippen MR) is 108 cm³/mol. The van der Waals surface area contributed by atoms with Gasteiger partial charge in [0.15, 0.2) is 0 Å². The first-order valence-electron chi connectivity index (χ1n) is 7.56. The van der Waals surface area contributed by atoms with Gasteiger partial charge in [-0.2, -0.15) is 11.3 Å². The maximum Gasteiger partial charge on any atom is 0.319 e. The minimum Gasteiger partial charge on any atom is -0.337 e. The van der Waals surface area contributed by atoms with Crippen LogP contribution in [0.15, 0.2) is 45.6 Å². The van der Waals surface area contributed by atoms with Crippen LogP contribution in [0.1, 0.15) is 6.42 Å². The second-order valence-corrected chi connectivity index (χ2v) is 7.78. The van der Waals surface area contributed by atoms with Crippen molar-refractivity contribution in [2.45, 2.75) is 6.42 Å². The van der Waals surface area contributed by atoms with Gasteiger partial charge >= 0.3 is 6.03 Å². The van der Waals surface area contributed by atoms with Gasteiger partial charge in [0.2, 0.25) is 11.0 Å². The lowest BCUT2D eigenvalue weighted by Crippen LogP contribution is -2.31. The maximum atomic E-state index is 11.9. The molecule has 3 N–H and O–H groups in total. The number of benzene rings is 1. The molecule has 134 valence electrons. The Balaban J connectivity index is 1.40. The number of hydrogen-bond donors (Lipinski definition) is 3. The molecule has 0 atom stereocenters. The molecule has 3 aromatic rings. The number of nitrogens with zero attached hydrogens (tertiary/aromatic N) is 2. The van der Waals surface area contributed by atoms with E-state index in [9.17, 15) is 9.59 Å². The van der Waals surface area contributed by atoms with Crippen molar-refractivity contribution in [1.29, 1.82) is 0 Å². The normalized spacial score (nSPS) is 10.3. The maximum absolute atomic E-state index is 11.9. The van der Waals surface area contributed by atoms with Crippen molar-refractivity contribution in [3.63, 3.8) is 0 Å². The van der Waals surface area contributed by atoms with Crippen molar-refractivity contribution >= 4 is 61.4 Å². The van der Waals surface area contributed by atoms with Gasteiger partial charge in [0.1, 0.15) is 5.01 Å². The van der Waals surface area contributed by atoms with E-state index in [4.69, 9.17) is 0 Å². The summed E-state index contributed by atoms with van der Waals surface area (Å²) in [5.74, 6) is -0.234. The fourth-order valence-electron chi connectivity index (χ4n) is 1.96. The summed E-state index contributed by atoms with van der Waals surface area (Å²) in [7, 11) is 0. The van der Waals surface area contributed by atoms with Crippen LogP contribution >= 0.6 is 38.6 Å². The monoisotopic (exact) mass is 451 g/mol. The number of halogens is 1. The zero-order chi connectivity index (χ0) is 18.4. The van der Waals surface area contributed by atoms with E-state index < -0.39 is 0 Å². The van der Waals surface area contributed by atoms with Gasteiger partial charge in [0.05, 0.1) is 0 Å². The molecule has 0 saturated heterocycles. The summed E-state index contributed by atoms with van der Waals surface area (Å²) in [4.78, 5) is 23.7. The van der Waals surface area contributed by atoms with Crippen LogP contribution in [0.4, 0.5) is 15.6 Å².